The number of hydrogen-bond acceptors (Lipinski definition) is 17. The Kier molecular flexibility index (Phi) is 15.0. The predicted molar refractivity (Wildman–Crippen MR) is 248 cm³/mol. The molecule has 0 spiro atoms. The molecule has 8 rings (SSSR count). The number of thioether (sulfide) groups is 2. The lowest BCUT2D eigenvalue weighted by atomic mass is 10.1. The molecular weight excluding hydrogens is 925 g/mol. The quantitative estimate of drug-likeness (QED) is 0.0293. The largest absolute Gasteiger partial charge is 0.478 e. The highest BCUT2D eigenvalue weighted by atomic mass is 32.2. The standard InChI is InChI=1S/C21H13N3O6S2.C11H7NO4.C10H8N2O3S2/c25-19-18(32-21(31)23(19)22-16-7-2-1-6-15(16)20(26)27)11-14-8-9-17(30-14)12-4-3-5-13(10-12)24(28)29;13-7-10-4-5-11(16-10)8-2-1-3-9(6-8)12(14)15;13-8-5-17-10(16)12(8)11-7-4-2-1-3-6(7)9(14)15/h1-11,22H,(H,26,27);1-7H;1-4,11H,5H2,(H,14,15). The number of rotatable bonds is 12. The molecule has 0 aliphatic carbocycles. The number of nitrogens with zero attached hydrogens (tertiary/aromatic N) is 4. The van der Waals surface area contributed by atoms with Gasteiger partial charge in [0.1, 0.15) is 17.3 Å². The van der Waals surface area contributed by atoms with Crippen molar-refractivity contribution in [1.82, 2.24) is 10.0 Å². The van der Waals surface area contributed by atoms with Gasteiger partial charge >= 0.3 is 11.9 Å². The monoisotopic (exact) mass is 952 g/mol. The molecule has 0 saturated carbocycles. The Morgan fingerprint density at radius 1 is 0.677 bits per heavy atom. The minimum atomic E-state index is -1.14. The molecule has 2 fully saturated rings. The molecule has 2 amide bonds. The molecule has 4 N–H and O–H groups in total. The van der Waals surface area contributed by atoms with Gasteiger partial charge in [0.25, 0.3) is 23.2 Å². The number of thiocarbonyl (C=S) groups is 2. The van der Waals surface area contributed by atoms with Crippen LogP contribution in [0.3, 0.4) is 0 Å². The number of carboxylic acids is 2. The summed E-state index contributed by atoms with van der Waals surface area (Å²) in [6, 6.07) is 31.0. The average molecular weight is 953 g/mol. The molecule has 4 heterocycles. The van der Waals surface area contributed by atoms with Crippen molar-refractivity contribution in [2.45, 2.75) is 0 Å². The van der Waals surface area contributed by atoms with Crippen LogP contribution in [0.1, 0.15) is 37.0 Å². The van der Waals surface area contributed by atoms with Crippen LogP contribution < -0.4 is 10.9 Å². The molecule has 2 aliphatic heterocycles. The van der Waals surface area contributed by atoms with E-state index in [0.29, 0.717) is 44.7 Å². The van der Waals surface area contributed by atoms with Gasteiger partial charge in [0.15, 0.2) is 20.7 Å². The number of carboxylic acid groups (broad SMARTS) is 2. The van der Waals surface area contributed by atoms with E-state index in [1.165, 1.54) is 71.4 Å². The van der Waals surface area contributed by atoms with E-state index in [-0.39, 0.29) is 54.8 Å². The van der Waals surface area contributed by atoms with Gasteiger partial charge in [0.05, 0.1) is 43.0 Å². The topological polar surface area (TPSA) is 269 Å². The van der Waals surface area contributed by atoms with E-state index >= 15 is 0 Å². The van der Waals surface area contributed by atoms with Gasteiger partial charge in [-0.05, 0) is 60.7 Å². The number of benzene rings is 4. The van der Waals surface area contributed by atoms with E-state index in [1.807, 2.05) is 0 Å². The first-order valence-electron chi connectivity index (χ1n) is 18.2. The lowest BCUT2D eigenvalue weighted by Gasteiger charge is -2.18. The average Bonchev–Trinajstić information content (AvgIpc) is 4.10. The van der Waals surface area contributed by atoms with Gasteiger partial charge in [-0.3, -0.25) is 45.5 Å². The molecule has 2 aromatic heterocycles. The summed E-state index contributed by atoms with van der Waals surface area (Å²) in [6.45, 7) is 0. The molecular formula is C42H28N6O13S4. The number of anilines is 2. The second kappa shape index (κ2) is 20.9. The molecule has 4 aromatic carbocycles. The van der Waals surface area contributed by atoms with Crippen LogP contribution in [0.4, 0.5) is 22.7 Å². The van der Waals surface area contributed by atoms with Crippen LogP contribution in [-0.2, 0) is 9.59 Å². The van der Waals surface area contributed by atoms with Crippen molar-refractivity contribution >= 4 is 115 Å². The zero-order valence-corrected chi connectivity index (χ0v) is 36.0. The molecule has 2 aliphatic rings. The number of hydrazine groups is 2. The van der Waals surface area contributed by atoms with Crippen molar-refractivity contribution in [2.75, 3.05) is 16.6 Å². The first kappa shape index (κ1) is 46.5. The first-order valence-corrected chi connectivity index (χ1v) is 20.9. The van der Waals surface area contributed by atoms with E-state index in [4.69, 9.17) is 38.4 Å². The van der Waals surface area contributed by atoms with Crippen molar-refractivity contribution < 1.29 is 52.9 Å². The van der Waals surface area contributed by atoms with Crippen LogP contribution in [0.5, 0.6) is 0 Å². The van der Waals surface area contributed by atoms with Crippen molar-refractivity contribution in [1.29, 1.82) is 0 Å². The number of amides is 2. The maximum atomic E-state index is 12.8. The van der Waals surface area contributed by atoms with Crippen molar-refractivity contribution in [2.24, 2.45) is 0 Å². The van der Waals surface area contributed by atoms with E-state index in [9.17, 15) is 49.3 Å². The van der Waals surface area contributed by atoms with Gasteiger partial charge in [0.2, 0.25) is 0 Å². The number of aldehydes is 1. The minimum absolute atomic E-state index is 0.00170. The lowest BCUT2D eigenvalue weighted by molar-refractivity contribution is -0.385. The molecule has 65 heavy (non-hydrogen) atoms. The number of carbonyl (C=O) groups excluding carboxylic acids is 3. The maximum Gasteiger partial charge on any atom is 0.337 e. The van der Waals surface area contributed by atoms with Crippen molar-refractivity contribution in [3.05, 3.63) is 169 Å². The highest BCUT2D eigenvalue weighted by Gasteiger charge is 2.34. The molecule has 0 atom stereocenters. The van der Waals surface area contributed by atoms with Crippen molar-refractivity contribution in [3.63, 3.8) is 0 Å². The molecule has 0 bridgehead atoms. The summed E-state index contributed by atoms with van der Waals surface area (Å²) in [4.78, 5) is 77.9. The third-order valence-electron chi connectivity index (χ3n) is 8.65. The summed E-state index contributed by atoms with van der Waals surface area (Å²) >= 11 is 12.5. The maximum absolute atomic E-state index is 12.8. The molecule has 328 valence electrons. The molecule has 6 aromatic rings. The number of carbonyl (C=O) groups is 5. The fraction of sp³-hybridized carbons (Fsp3) is 0.0238. The van der Waals surface area contributed by atoms with Crippen LogP contribution in [0.15, 0.2) is 135 Å². The Morgan fingerprint density at radius 2 is 1.17 bits per heavy atom. The van der Waals surface area contributed by atoms with Gasteiger partial charge in [-0.15, -0.1) is 0 Å². The summed E-state index contributed by atoms with van der Waals surface area (Å²) in [5.74, 6) is -1.17. The third-order valence-corrected chi connectivity index (χ3v) is 11.3. The fourth-order valence-corrected chi connectivity index (χ4v) is 7.77. The smallest absolute Gasteiger partial charge is 0.337 e. The number of nitro benzene ring substituents is 2. The Labute approximate surface area is 384 Å². The predicted octanol–water partition coefficient (Wildman–Crippen LogP) is 9.02. The number of hydrogen-bond donors (Lipinski definition) is 4. The number of non-ortho nitro benzene ring substituents is 2. The Morgan fingerprint density at radius 3 is 1.63 bits per heavy atom. The fourth-order valence-electron chi connectivity index (χ4n) is 5.63. The molecule has 23 heteroatoms. The van der Waals surface area contributed by atoms with Gasteiger partial charge in [-0.25, -0.2) is 19.6 Å². The summed E-state index contributed by atoms with van der Waals surface area (Å²) < 4.78 is 11.5. The Balaban J connectivity index is 0.000000178. The Bertz CT molecular complexity index is 2920. The number of nitro groups is 2. The summed E-state index contributed by atoms with van der Waals surface area (Å²) in [5.41, 5.74) is 7.18. The first-order chi connectivity index (χ1) is 31.1. The molecule has 19 nitrogen and oxygen atoms in total. The van der Waals surface area contributed by atoms with E-state index in [1.54, 1.807) is 72.8 Å². The van der Waals surface area contributed by atoms with E-state index in [2.05, 4.69) is 10.9 Å². The number of para-hydroxylation sites is 2. The molecule has 0 unspecified atom stereocenters. The van der Waals surface area contributed by atoms with Gasteiger partial charge in [0, 0.05) is 41.5 Å². The van der Waals surface area contributed by atoms with Crippen LogP contribution in [0.25, 0.3) is 28.7 Å². The second-order valence-electron chi connectivity index (χ2n) is 12.9. The lowest BCUT2D eigenvalue weighted by Crippen LogP contribution is -2.34. The van der Waals surface area contributed by atoms with E-state index < -0.39 is 27.7 Å². The SMILES string of the molecule is O=C(O)c1ccccc1NN1C(=O)C(=Cc2ccc(-c3cccc([N+](=O)[O-])c3)o2)SC1=S.O=C(O)c1ccccc1NN1C(=O)CSC1=S.O=Cc1ccc(-c2cccc([N+](=O)[O-])c2)o1. The molecule has 0 radical (unpaired) electrons. The number of nitrogens with one attached hydrogen (secondary N) is 2. The summed E-state index contributed by atoms with van der Waals surface area (Å²) in [5, 5.41) is 42.1. The minimum Gasteiger partial charge on any atom is -0.478 e. The van der Waals surface area contributed by atoms with Crippen molar-refractivity contribution in [3.8, 4) is 22.6 Å². The highest BCUT2D eigenvalue weighted by molar-refractivity contribution is 8.26. The van der Waals surface area contributed by atoms with Gasteiger partial charge in [-0.1, -0.05) is 84.3 Å². The van der Waals surface area contributed by atoms with Gasteiger partial charge in [-0.2, -0.15) is 0 Å². The highest BCUT2D eigenvalue weighted by Crippen LogP contribution is 2.35. The van der Waals surface area contributed by atoms with Crippen LogP contribution in [0, 0.1) is 20.2 Å². The number of furan rings is 2. The summed E-state index contributed by atoms with van der Waals surface area (Å²) in [6.07, 6.45) is 2.09. The zero-order valence-electron chi connectivity index (χ0n) is 32.7. The summed E-state index contributed by atoms with van der Waals surface area (Å²) in [7, 11) is 0. The number of aromatic carboxylic acids is 2. The van der Waals surface area contributed by atoms with Crippen LogP contribution in [-0.4, -0.2) is 74.5 Å². The van der Waals surface area contributed by atoms with Crippen LogP contribution in [0.2, 0.25) is 0 Å². The van der Waals surface area contributed by atoms with Gasteiger partial charge < -0.3 is 19.0 Å². The normalized spacial score (nSPS) is 13.7. The third kappa shape index (κ3) is 11.5. The van der Waals surface area contributed by atoms with Crippen LogP contribution >= 0.6 is 48.0 Å². The second-order valence-corrected chi connectivity index (χ2v) is 16.1. The zero-order chi connectivity index (χ0) is 46.8. The molecule has 2 saturated heterocycles. The van der Waals surface area contributed by atoms with E-state index in [0.717, 1.165) is 16.8 Å². The Hall–Kier alpha value is -7.99.